The average Bonchev–Trinajstić information content (AvgIpc) is 1.99. The first-order valence-corrected chi connectivity index (χ1v) is 3.81. The molecule has 0 aliphatic carbocycles. The van der Waals surface area contributed by atoms with Crippen molar-refractivity contribution >= 4 is 23.2 Å². The summed E-state index contributed by atoms with van der Waals surface area (Å²) in [5.74, 6) is 3.25. The molecule has 0 bridgehead atoms. The molecule has 0 atom stereocenters. The second-order valence-electron chi connectivity index (χ2n) is 2.06. The van der Waals surface area contributed by atoms with Crippen LogP contribution in [-0.2, 0) is 11.4 Å². The molecule has 0 aliphatic heterocycles. The monoisotopic (exact) mass is 192 g/mol. The first-order chi connectivity index (χ1) is 5.25. The normalized spacial score (nSPS) is 10.1. The lowest BCUT2D eigenvalue weighted by Gasteiger charge is -2.00. The summed E-state index contributed by atoms with van der Waals surface area (Å²) < 4.78 is 0. The van der Waals surface area contributed by atoms with Crippen molar-refractivity contribution in [3.05, 3.63) is 33.8 Å². The average molecular weight is 193 g/mol. The molecule has 1 aromatic rings. The zero-order valence-corrected chi connectivity index (χ0v) is 7.32. The van der Waals surface area contributed by atoms with E-state index < -0.39 is 0 Å². The lowest BCUT2D eigenvalue weighted by atomic mass is 10.2. The van der Waals surface area contributed by atoms with Gasteiger partial charge >= 0.3 is 0 Å². The van der Waals surface area contributed by atoms with E-state index in [-0.39, 0.29) is 0 Å². The van der Waals surface area contributed by atoms with Crippen molar-refractivity contribution in [2.45, 2.75) is 6.61 Å². The zero-order chi connectivity index (χ0) is 8.27. The van der Waals surface area contributed by atoms with Crippen molar-refractivity contribution in [3.63, 3.8) is 0 Å². The summed E-state index contributed by atoms with van der Waals surface area (Å²) in [7, 11) is 0. The SMILES string of the molecule is [NH3+]OCc1cccc(Cl)c1Cl. The molecular formula is C7H8Cl2NO+. The molecular weight excluding hydrogens is 185 g/mol. The smallest absolute Gasteiger partial charge is 0.132 e. The predicted octanol–water partition coefficient (Wildman–Crippen LogP) is 1.67. The Morgan fingerprint density at radius 3 is 2.73 bits per heavy atom. The minimum absolute atomic E-state index is 0.388. The molecule has 0 fully saturated rings. The Bertz CT molecular complexity index is 252. The molecule has 60 valence electrons. The van der Waals surface area contributed by atoms with E-state index >= 15 is 0 Å². The Morgan fingerprint density at radius 1 is 1.36 bits per heavy atom. The van der Waals surface area contributed by atoms with E-state index in [1.54, 1.807) is 6.07 Å². The van der Waals surface area contributed by atoms with Crippen molar-refractivity contribution in [1.82, 2.24) is 0 Å². The molecule has 0 amide bonds. The number of benzene rings is 1. The molecule has 0 spiro atoms. The maximum atomic E-state index is 5.83. The Kier molecular flexibility index (Phi) is 3.15. The van der Waals surface area contributed by atoms with E-state index in [0.717, 1.165) is 5.56 Å². The highest BCUT2D eigenvalue weighted by molar-refractivity contribution is 6.42. The molecule has 0 aromatic heterocycles. The Labute approximate surface area is 74.8 Å². The molecule has 2 nitrogen and oxygen atoms in total. The largest absolute Gasteiger partial charge is 0.212 e. The molecule has 0 saturated carbocycles. The van der Waals surface area contributed by atoms with Gasteiger partial charge in [0, 0.05) is 5.56 Å². The van der Waals surface area contributed by atoms with Gasteiger partial charge in [0.25, 0.3) is 0 Å². The third-order valence-corrected chi connectivity index (χ3v) is 2.15. The van der Waals surface area contributed by atoms with Crippen LogP contribution in [0.1, 0.15) is 5.56 Å². The van der Waals surface area contributed by atoms with E-state index in [1.165, 1.54) is 0 Å². The Morgan fingerprint density at radius 2 is 2.09 bits per heavy atom. The van der Waals surface area contributed by atoms with Gasteiger partial charge in [-0.25, -0.2) is 10.7 Å². The van der Waals surface area contributed by atoms with Crippen molar-refractivity contribution in [1.29, 1.82) is 0 Å². The number of hydrogen-bond acceptors (Lipinski definition) is 1. The fourth-order valence-electron chi connectivity index (χ4n) is 0.770. The first kappa shape index (κ1) is 8.81. The summed E-state index contributed by atoms with van der Waals surface area (Å²) in [6.07, 6.45) is 0. The van der Waals surface area contributed by atoms with Crippen LogP contribution in [0.15, 0.2) is 18.2 Å². The molecule has 0 heterocycles. The van der Waals surface area contributed by atoms with E-state index in [2.05, 4.69) is 10.7 Å². The van der Waals surface area contributed by atoms with Crippen LogP contribution in [0.3, 0.4) is 0 Å². The highest BCUT2D eigenvalue weighted by atomic mass is 35.5. The molecule has 11 heavy (non-hydrogen) atoms. The second-order valence-corrected chi connectivity index (χ2v) is 2.85. The van der Waals surface area contributed by atoms with Gasteiger partial charge < -0.3 is 0 Å². The summed E-state index contributed by atoms with van der Waals surface area (Å²) in [5.41, 5.74) is 0.856. The summed E-state index contributed by atoms with van der Waals surface area (Å²) in [6.45, 7) is 0.388. The van der Waals surface area contributed by atoms with Crippen LogP contribution in [0.25, 0.3) is 0 Å². The van der Waals surface area contributed by atoms with Crippen LogP contribution in [0.5, 0.6) is 0 Å². The first-order valence-electron chi connectivity index (χ1n) is 3.05. The van der Waals surface area contributed by atoms with Gasteiger partial charge in [0.15, 0.2) is 0 Å². The zero-order valence-electron chi connectivity index (χ0n) is 5.81. The predicted molar refractivity (Wildman–Crippen MR) is 44.1 cm³/mol. The summed E-state index contributed by atoms with van der Waals surface area (Å²) in [4.78, 5) is 4.67. The van der Waals surface area contributed by atoms with Gasteiger partial charge in [-0.3, -0.25) is 0 Å². The maximum Gasteiger partial charge on any atom is 0.132 e. The van der Waals surface area contributed by atoms with Crippen molar-refractivity contribution in [2.75, 3.05) is 0 Å². The summed E-state index contributed by atoms with van der Waals surface area (Å²) in [6, 6.07) is 5.40. The van der Waals surface area contributed by atoms with Gasteiger partial charge in [0.05, 0.1) is 10.0 Å². The van der Waals surface area contributed by atoms with Crippen LogP contribution in [0.4, 0.5) is 0 Å². The topological polar surface area (TPSA) is 36.9 Å². The van der Waals surface area contributed by atoms with Gasteiger partial charge in [0.2, 0.25) is 0 Å². The van der Waals surface area contributed by atoms with E-state index in [9.17, 15) is 0 Å². The number of quaternary nitrogens is 1. The lowest BCUT2D eigenvalue weighted by molar-refractivity contribution is -0.695. The van der Waals surface area contributed by atoms with E-state index in [0.29, 0.717) is 16.7 Å². The van der Waals surface area contributed by atoms with Gasteiger partial charge in [-0.1, -0.05) is 35.3 Å². The minimum atomic E-state index is 0.388. The van der Waals surface area contributed by atoms with E-state index in [1.807, 2.05) is 12.1 Å². The standard InChI is InChI=1S/C7H8Cl2NO/c8-6-3-1-2-5(4-11-10)7(6)9/h1-3H,4H2,10H3/q+1. The minimum Gasteiger partial charge on any atom is -0.212 e. The van der Waals surface area contributed by atoms with Gasteiger partial charge in [-0.15, -0.1) is 0 Å². The summed E-state index contributed by atoms with van der Waals surface area (Å²) in [5, 5.41) is 1.08. The van der Waals surface area contributed by atoms with Crippen LogP contribution in [0, 0.1) is 0 Å². The third kappa shape index (κ3) is 2.07. The Hall–Kier alpha value is -0.280. The molecule has 1 rings (SSSR count). The highest BCUT2D eigenvalue weighted by Gasteiger charge is 2.03. The van der Waals surface area contributed by atoms with E-state index in [4.69, 9.17) is 23.2 Å². The molecule has 3 N–H and O–H groups in total. The van der Waals surface area contributed by atoms with Crippen LogP contribution in [-0.4, -0.2) is 0 Å². The molecule has 4 heteroatoms. The number of halogens is 2. The Balaban J connectivity index is 2.96. The lowest BCUT2D eigenvalue weighted by Crippen LogP contribution is -2.48. The number of hydrogen-bond donors (Lipinski definition) is 1. The fraction of sp³-hybridized carbons (Fsp3) is 0.143. The van der Waals surface area contributed by atoms with Crippen molar-refractivity contribution in [3.8, 4) is 0 Å². The maximum absolute atomic E-state index is 5.83. The fourth-order valence-corrected chi connectivity index (χ4v) is 1.14. The summed E-state index contributed by atoms with van der Waals surface area (Å²) >= 11 is 11.6. The second kappa shape index (κ2) is 3.93. The molecule has 0 unspecified atom stereocenters. The van der Waals surface area contributed by atoms with Crippen LogP contribution in [0.2, 0.25) is 10.0 Å². The van der Waals surface area contributed by atoms with Crippen LogP contribution < -0.4 is 5.90 Å². The third-order valence-electron chi connectivity index (χ3n) is 1.29. The molecule has 1 aromatic carbocycles. The van der Waals surface area contributed by atoms with Gasteiger partial charge in [0.1, 0.15) is 6.61 Å². The van der Waals surface area contributed by atoms with Crippen LogP contribution >= 0.6 is 23.2 Å². The molecule has 0 aliphatic rings. The van der Waals surface area contributed by atoms with Crippen molar-refractivity contribution < 1.29 is 10.7 Å². The van der Waals surface area contributed by atoms with Gasteiger partial charge in [-0.2, -0.15) is 0 Å². The quantitative estimate of drug-likeness (QED) is 0.712. The number of rotatable bonds is 2. The molecule has 0 radical (unpaired) electrons. The van der Waals surface area contributed by atoms with Crippen molar-refractivity contribution in [2.24, 2.45) is 0 Å². The van der Waals surface area contributed by atoms with Gasteiger partial charge in [-0.05, 0) is 6.07 Å². The molecule has 0 saturated heterocycles. The highest BCUT2D eigenvalue weighted by Crippen LogP contribution is 2.25.